The predicted octanol–water partition coefficient (Wildman–Crippen LogP) is 3.76. The summed E-state index contributed by atoms with van der Waals surface area (Å²) >= 11 is 0. The van der Waals surface area contributed by atoms with E-state index in [0.717, 1.165) is 10.9 Å². The third kappa shape index (κ3) is 4.94. The van der Waals surface area contributed by atoms with E-state index in [1.807, 2.05) is 22.9 Å². The summed E-state index contributed by atoms with van der Waals surface area (Å²) in [5.74, 6) is -1.28. The van der Waals surface area contributed by atoms with Gasteiger partial charge in [0.2, 0.25) is 5.91 Å². The van der Waals surface area contributed by atoms with E-state index < -0.39 is 23.7 Å². The molecular formula is C22H24F2N4O2. The van der Waals surface area contributed by atoms with E-state index in [1.165, 1.54) is 23.1 Å². The first-order valence-corrected chi connectivity index (χ1v) is 9.54. The summed E-state index contributed by atoms with van der Waals surface area (Å²) in [6.07, 6.45) is 1.86. The van der Waals surface area contributed by atoms with Crippen molar-refractivity contribution in [3.63, 3.8) is 0 Å². The number of nitrogens with one attached hydrogen (secondary N) is 2. The lowest BCUT2D eigenvalue weighted by Gasteiger charge is -2.16. The summed E-state index contributed by atoms with van der Waals surface area (Å²) in [4.78, 5) is 25.7. The fraction of sp³-hybridized carbons (Fsp3) is 0.273. The Bertz CT molecular complexity index is 1060. The van der Waals surface area contributed by atoms with Crippen LogP contribution in [0.1, 0.15) is 12.5 Å². The first-order chi connectivity index (χ1) is 14.2. The molecular weight excluding hydrogens is 390 g/mol. The molecule has 0 radical (unpaired) electrons. The summed E-state index contributed by atoms with van der Waals surface area (Å²) in [6.45, 7) is 1.91. The molecule has 0 aliphatic heterocycles. The van der Waals surface area contributed by atoms with Crippen LogP contribution in [0.2, 0.25) is 0 Å². The number of benzene rings is 2. The molecule has 3 rings (SSSR count). The van der Waals surface area contributed by atoms with E-state index in [-0.39, 0.29) is 24.4 Å². The van der Waals surface area contributed by atoms with E-state index in [9.17, 15) is 18.4 Å². The Hall–Kier alpha value is -3.42. The number of carbonyl (C=O) groups is 2. The van der Waals surface area contributed by atoms with Crippen molar-refractivity contribution in [3.05, 3.63) is 65.9 Å². The molecule has 1 aromatic heterocycles. The minimum atomic E-state index is -0.633. The fourth-order valence-corrected chi connectivity index (χ4v) is 3.18. The minimum absolute atomic E-state index is 0.0191. The Morgan fingerprint density at radius 1 is 1.10 bits per heavy atom. The van der Waals surface area contributed by atoms with Crippen LogP contribution < -0.4 is 10.6 Å². The van der Waals surface area contributed by atoms with Crippen LogP contribution in [0, 0.1) is 11.6 Å². The number of halogens is 2. The van der Waals surface area contributed by atoms with E-state index in [4.69, 9.17) is 0 Å². The zero-order valence-corrected chi connectivity index (χ0v) is 17.1. The standard InChI is InChI=1S/C22H24F2N4O2/c1-14(11-17-18(23)5-4-6-19(17)24)25-22(30)26-16-7-8-20-15(12-16)9-10-28(20)13-21(29)27(2)3/h4-10,12,14H,11,13H2,1-3H3,(H2,25,26,30). The summed E-state index contributed by atoms with van der Waals surface area (Å²) in [5, 5.41) is 6.29. The van der Waals surface area contributed by atoms with Gasteiger partial charge in [0, 0.05) is 48.5 Å². The molecule has 1 unspecified atom stereocenters. The van der Waals surface area contributed by atoms with Crippen LogP contribution in [0.4, 0.5) is 19.3 Å². The second-order valence-corrected chi connectivity index (χ2v) is 7.41. The van der Waals surface area contributed by atoms with E-state index in [2.05, 4.69) is 10.6 Å². The quantitative estimate of drug-likeness (QED) is 0.645. The molecule has 1 heterocycles. The van der Waals surface area contributed by atoms with Crippen molar-refractivity contribution in [2.45, 2.75) is 25.9 Å². The van der Waals surface area contributed by atoms with Gasteiger partial charge in [-0.05, 0) is 49.7 Å². The summed E-state index contributed by atoms with van der Waals surface area (Å²) in [7, 11) is 3.41. The number of anilines is 1. The topological polar surface area (TPSA) is 66.4 Å². The SMILES string of the molecule is CC(Cc1c(F)cccc1F)NC(=O)Nc1ccc2c(ccn2CC(=O)N(C)C)c1. The normalized spacial score (nSPS) is 11.9. The molecule has 1 atom stereocenters. The number of amides is 3. The number of likely N-dealkylation sites (N-methyl/N-ethyl adjacent to an activating group) is 1. The van der Waals surface area contributed by atoms with Crippen LogP contribution in [0.25, 0.3) is 10.9 Å². The van der Waals surface area contributed by atoms with Gasteiger partial charge in [0.05, 0.1) is 0 Å². The van der Waals surface area contributed by atoms with Crippen molar-refractivity contribution >= 4 is 28.5 Å². The van der Waals surface area contributed by atoms with Crippen molar-refractivity contribution in [2.24, 2.45) is 0 Å². The van der Waals surface area contributed by atoms with Gasteiger partial charge in [-0.3, -0.25) is 4.79 Å². The Morgan fingerprint density at radius 3 is 2.47 bits per heavy atom. The molecule has 3 aromatic rings. The van der Waals surface area contributed by atoms with Gasteiger partial charge in [0.1, 0.15) is 18.2 Å². The molecule has 0 bridgehead atoms. The third-order valence-corrected chi connectivity index (χ3v) is 4.78. The van der Waals surface area contributed by atoms with Gasteiger partial charge in [-0.15, -0.1) is 0 Å². The number of rotatable bonds is 6. The first-order valence-electron chi connectivity index (χ1n) is 9.54. The monoisotopic (exact) mass is 414 g/mol. The van der Waals surface area contributed by atoms with Crippen molar-refractivity contribution in [2.75, 3.05) is 19.4 Å². The fourth-order valence-electron chi connectivity index (χ4n) is 3.18. The lowest BCUT2D eigenvalue weighted by Crippen LogP contribution is -2.37. The number of carbonyl (C=O) groups excluding carboxylic acids is 2. The van der Waals surface area contributed by atoms with Crippen molar-refractivity contribution in [1.82, 2.24) is 14.8 Å². The summed E-state index contributed by atoms with van der Waals surface area (Å²) < 4.78 is 29.4. The highest BCUT2D eigenvalue weighted by molar-refractivity contribution is 5.93. The van der Waals surface area contributed by atoms with Gasteiger partial charge in [0.25, 0.3) is 0 Å². The van der Waals surface area contributed by atoms with E-state index >= 15 is 0 Å². The molecule has 158 valence electrons. The number of aromatic nitrogens is 1. The van der Waals surface area contributed by atoms with E-state index in [0.29, 0.717) is 5.69 Å². The molecule has 0 fully saturated rings. The van der Waals surface area contributed by atoms with Crippen LogP contribution in [0.5, 0.6) is 0 Å². The lowest BCUT2D eigenvalue weighted by molar-refractivity contribution is -0.129. The predicted molar refractivity (Wildman–Crippen MR) is 112 cm³/mol. The van der Waals surface area contributed by atoms with Crippen LogP contribution in [-0.4, -0.2) is 41.5 Å². The Balaban J connectivity index is 1.63. The number of nitrogens with zero attached hydrogens (tertiary/aromatic N) is 2. The van der Waals surface area contributed by atoms with Gasteiger partial charge in [-0.2, -0.15) is 0 Å². The number of hydrogen-bond acceptors (Lipinski definition) is 2. The second kappa shape index (κ2) is 8.94. The molecule has 0 spiro atoms. The molecule has 2 N–H and O–H groups in total. The van der Waals surface area contributed by atoms with Crippen LogP contribution in [0.15, 0.2) is 48.7 Å². The van der Waals surface area contributed by atoms with E-state index in [1.54, 1.807) is 33.2 Å². The average Bonchev–Trinajstić information content (AvgIpc) is 3.06. The number of urea groups is 1. The maximum Gasteiger partial charge on any atom is 0.319 e. The smallest absolute Gasteiger partial charge is 0.319 e. The van der Waals surface area contributed by atoms with Crippen LogP contribution >= 0.6 is 0 Å². The largest absolute Gasteiger partial charge is 0.347 e. The molecule has 0 saturated carbocycles. The molecule has 0 aliphatic carbocycles. The van der Waals surface area contributed by atoms with Gasteiger partial charge in [-0.25, -0.2) is 13.6 Å². The molecule has 6 nitrogen and oxygen atoms in total. The molecule has 3 amide bonds. The molecule has 0 aliphatic rings. The van der Waals surface area contributed by atoms with Crippen molar-refractivity contribution in [1.29, 1.82) is 0 Å². The Kier molecular flexibility index (Phi) is 6.34. The van der Waals surface area contributed by atoms with Gasteiger partial charge in [-0.1, -0.05) is 6.07 Å². The number of hydrogen-bond donors (Lipinski definition) is 2. The Morgan fingerprint density at radius 2 is 1.80 bits per heavy atom. The Labute approximate surface area is 173 Å². The first kappa shape index (κ1) is 21.3. The molecule has 8 heteroatoms. The van der Waals surface area contributed by atoms with Crippen molar-refractivity contribution < 1.29 is 18.4 Å². The zero-order chi connectivity index (χ0) is 21.8. The third-order valence-electron chi connectivity index (χ3n) is 4.78. The summed E-state index contributed by atoms with van der Waals surface area (Å²) in [6, 6.07) is 9.97. The average molecular weight is 414 g/mol. The highest BCUT2D eigenvalue weighted by Gasteiger charge is 2.15. The second-order valence-electron chi connectivity index (χ2n) is 7.41. The van der Waals surface area contributed by atoms with Gasteiger partial charge in [0.15, 0.2) is 0 Å². The lowest BCUT2D eigenvalue weighted by atomic mass is 10.1. The van der Waals surface area contributed by atoms with Gasteiger partial charge < -0.3 is 20.1 Å². The number of fused-ring (bicyclic) bond motifs is 1. The zero-order valence-electron chi connectivity index (χ0n) is 17.1. The highest BCUT2D eigenvalue weighted by Crippen LogP contribution is 2.21. The minimum Gasteiger partial charge on any atom is -0.347 e. The molecule has 30 heavy (non-hydrogen) atoms. The van der Waals surface area contributed by atoms with Crippen molar-refractivity contribution in [3.8, 4) is 0 Å². The molecule has 2 aromatic carbocycles. The maximum atomic E-state index is 13.8. The maximum absolute atomic E-state index is 13.8. The van der Waals surface area contributed by atoms with Crippen LogP contribution in [-0.2, 0) is 17.8 Å². The van der Waals surface area contributed by atoms with Crippen LogP contribution in [0.3, 0.4) is 0 Å². The molecule has 0 saturated heterocycles. The van der Waals surface area contributed by atoms with Gasteiger partial charge >= 0.3 is 6.03 Å². The summed E-state index contributed by atoms with van der Waals surface area (Å²) in [5.41, 5.74) is 1.39. The highest BCUT2D eigenvalue weighted by atomic mass is 19.1.